The molecule has 0 aliphatic rings. The van der Waals surface area contributed by atoms with E-state index in [0.717, 1.165) is 22.5 Å². The Morgan fingerprint density at radius 3 is 2.44 bits per heavy atom. The minimum absolute atomic E-state index is 0.0102. The Bertz CT molecular complexity index is 928. The summed E-state index contributed by atoms with van der Waals surface area (Å²) in [5.41, 5.74) is 3.28. The van der Waals surface area contributed by atoms with E-state index in [9.17, 15) is 9.35 Å². The molecular formula is C21H21N3O2S. The number of pyridine rings is 2. The molecule has 0 fully saturated rings. The third-order valence-corrected chi connectivity index (χ3v) is 5.04. The second-order valence-electron chi connectivity index (χ2n) is 6.31. The zero-order valence-corrected chi connectivity index (χ0v) is 16.3. The number of aromatic nitrogens is 2. The van der Waals surface area contributed by atoms with Crippen LogP contribution in [0.1, 0.15) is 29.7 Å². The molecule has 1 aromatic carbocycles. The Hall–Kier alpha value is -2.70. The van der Waals surface area contributed by atoms with Crippen molar-refractivity contribution >= 4 is 28.5 Å². The van der Waals surface area contributed by atoms with Crippen LogP contribution < -0.4 is 5.32 Å². The Labute approximate surface area is 162 Å². The van der Waals surface area contributed by atoms with Crippen molar-refractivity contribution in [3.8, 4) is 0 Å². The number of Topliss-reactive ketones (excluding diaryl/α,β-unsaturated/α-hetero) is 1. The molecule has 2 heterocycles. The van der Waals surface area contributed by atoms with E-state index >= 15 is 0 Å². The first-order valence-electron chi connectivity index (χ1n) is 8.55. The molecule has 0 spiro atoms. The molecular weight excluding hydrogens is 358 g/mol. The average Bonchev–Trinajstić information content (AvgIpc) is 2.65. The van der Waals surface area contributed by atoms with Crippen LogP contribution in [0, 0.1) is 6.92 Å². The standard InChI is InChI=1S/C21H21N3O2S/c1-14-9-11-18(21(23-14)24-17-7-5-4-6-8-17)20(15(2)25)16-10-12-19(22-13-16)27(3)26/h4-13,20H,1-3H3,(H,23,24). The van der Waals surface area contributed by atoms with Gasteiger partial charge in [0.2, 0.25) is 5.03 Å². The summed E-state index contributed by atoms with van der Waals surface area (Å²) in [5, 5.41) is 3.81. The fourth-order valence-corrected chi connectivity index (χ4v) is 3.39. The number of para-hydroxylation sites is 1. The lowest BCUT2D eigenvalue weighted by atomic mass is 9.89. The van der Waals surface area contributed by atoms with Gasteiger partial charge in [0.1, 0.15) is 17.9 Å². The summed E-state index contributed by atoms with van der Waals surface area (Å²) in [4.78, 5) is 21.4. The smallest absolute Gasteiger partial charge is 0.244 e. The van der Waals surface area contributed by atoms with Crippen molar-refractivity contribution < 1.29 is 9.35 Å². The van der Waals surface area contributed by atoms with Crippen molar-refractivity contribution in [2.45, 2.75) is 24.8 Å². The summed E-state index contributed by atoms with van der Waals surface area (Å²) in [5.74, 6) is 0.129. The van der Waals surface area contributed by atoms with Gasteiger partial charge in [0.05, 0.1) is 5.92 Å². The number of ketones is 1. The van der Waals surface area contributed by atoms with Crippen LogP contribution in [0.25, 0.3) is 0 Å². The summed E-state index contributed by atoms with van der Waals surface area (Å²) in [6, 6.07) is 17.0. The van der Waals surface area contributed by atoms with Crippen LogP contribution >= 0.6 is 0 Å². The van der Waals surface area contributed by atoms with E-state index < -0.39 is 17.1 Å². The molecule has 138 valence electrons. The maximum atomic E-state index is 12.5. The number of rotatable bonds is 6. The highest BCUT2D eigenvalue weighted by atomic mass is 32.2. The molecule has 6 heteroatoms. The lowest BCUT2D eigenvalue weighted by Gasteiger charge is -2.19. The molecule has 0 saturated heterocycles. The van der Waals surface area contributed by atoms with Gasteiger partial charge in [0.15, 0.2) is 0 Å². The van der Waals surface area contributed by atoms with Gasteiger partial charge in [-0.1, -0.05) is 24.3 Å². The highest BCUT2D eigenvalue weighted by Gasteiger charge is 2.24. The van der Waals surface area contributed by atoms with E-state index in [4.69, 9.17) is 0 Å². The number of nitrogens with one attached hydrogen (secondary N) is 1. The van der Waals surface area contributed by atoms with Gasteiger partial charge >= 0.3 is 0 Å². The van der Waals surface area contributed by atoms with E-state index in [-0.39, 0.29) is 5.78 Å². The number of aryl methyl sites for hydroxylation is 1. The zero-order valence-electron chi connectivity index (χ0n) is 15.5. The SMILES string of the molecule is CC(=O)C(c1ccc([S+](C)[O-])nc1)c1ccc(C)nc1Nc1ccccc1. The molecule has 0 radical (unpaired) electrons. The third kappa shape index (κ3) is 4.53. The number of hydrogen-bond acceptors (Lipinski definition) is 5. The highest BCUT2D eigenvalue weighted by molar-refractivity contribution is 7.90. The Morgan fingerprint density at radius 1 is 1.11 bits per heavy atom. The Kier molecular flexibility index (Phi) is 5.88. The number of carbonyl (C=O) groups excluding carboxylic acids is 1. The maximum absolute atomic E-state index is 12.5. The van der Waals surface area contributed by atoms with Gasteiger partial charge in [0.25, 0.3) is 0 Å². The molecule has 2 aromatic heterocycles. The van der Waals surface area contributed by atoms with Gasteiger partial charge in [-0.3, -0.25) is 4.79 Å². The molecule has 3 rings (SSSR count). The van der Waals surface area contributed by atoms with Gasteiger partial charge in [-0.05, 0) is 43.7 Å². The first-order valence-corrected chi connectivity index (χ1v) is 10.1. The summed E-state index contributed by atoms with van der Waals surface area (Å²) in [6.45, 7) is 3.47. The Balaban J connectivity index is 2.04. The van der Waals surface area contributed by atoms with Crippen molar-refractivity contribution in [3.63, 3.8) is 0 Å². The van der Waals surface area contributed by atoms with E-state index in [0.29, 0.717) is 10.8 Å². The van der Waals surface area contributed by atoms with Crippen LogP contribution in [0.15, 0.2) is 65.8 Å². The van der Waals surface area contributed by atoms with E-state index in [1.54, 1.807) is 25.4 Å². The summed E-state index contributed by atoms with van der Waals surface area (Å²) in [7, 11) is 0. The summed E-state index contributed by atoms with van der Waals surface area (Å²) < 4.78 is 11.6. The fourth-order valence-electron chi connectivity index (χ4n) is 2.92. The lowest BCUT2D eigenvalue weighted by Crippen LogP contribution is -2.14. The van der Waals surface area contributed by atoms with Gasteiger partial charge in [-0.2, -0.15) is 0 Å². The van der Waals surface area contributed by atoms with E-state index in [1.807, 2.05) is 55.5 Å². The zero-order chi connectivity index (χ0) is 19.4. The molecule has 0 saturated carbocycles. The van der Waals surface area contributed by atoms with E-state index in [2.05, 4.69) is 15.3 Å². The molecule has 2 unspecified atom stereocenters. The van der Waals surface area contributed by atoms with Gasteiger partial charge in [-0.15, -0.1) is 0 Å². The molecule has 0 bridgehead atoms. The second-order valence-corrected chi connectivity index (χ2v) is 7.64. The molecule has 2 atom stereocenters. The monoisotopic (exact) mass is 379 g/mol. The minimum atomic E-state index is -1.16. The van der Waals surface area contributed by atoms with Gasteiger partial charge in [-0.25, -0.2) is 9.97 Å². The Morgan fingerprint density at radius 2 is 1.85 bits per heavy atom. The van der Waals surface area contributed by atoms with Crippen molar-refractivity contribution in [1.29, 1.82) is 0 Å². The third-order valence-electron chi connectivity index (χ3n) is 4.21. The first-order chi connectivity index (χ1) is 13.0. The molecule has 1 N–H and O–H groups in total. The topological polar surface area (TPSA) is 77.9 Å². The van der Waals surface area contributed by atoms with Crippen molar-refractivity contribution in [1.82, 2.24) is 9.97 Å². The van der Waals surface area contributed by atoms with Crippen LogP contribution in [0.5, 0.6) is 0 Å². The van der Waals surface area contributed by atoms with Gasteiger partial charge < -0.3 is 9.87 Å². The largest absolute Gasteiger partial charge is 0.610 e. The highest BCUT2D eigenvalue weighted by Crippen LogP contribution is 2.32. The predicted octanol–water partition coefficient (Wildman–Crippen LogP) is 3.99. The van der Waals surface area contributed by atoms with Crippen LogP contribution in [0.4, 0.5) is 11.5 Å². The molecule has 0 aliphatic carbocycles. The van der Waals surface area contributed by atoms with Crippen LogP contribution in [0.2, 0.25) is 0 Å². The fraction of sp³-hybridized carbons (Fsp3) is 0.190. The molecule has 3 aromatic rings. The maximum Gasteiger partial charge on any atom is 0.244 e. The minimum Gasteiger partial charge on any atom is -0.610 e. The first kappa shape index (κ1) is 19.1. The number of anilines is 2. The summed E-state index contributed by atoms with van der Waals surface area (Å²) >= 11 is -1.16. The lowest BCUT2D eigenvalue weighted by molar-refractivity contribution is -0.117. The van der Waals surface area contributed by atoms with Crippen molar-refractivity contribution in [2.75, 3.05) is 11.6 Å². The van der Waals surface area contributed by atoms with Crippen LogP contribution in [0.3, 0.4) is 0 Å². The summed E-state index contributed by atoms with van der Waals surface area (Å²) in [6.07, 6.45) is 3.20. The molecule has 27 heavy (non-hydrogen) atoms. The predicted molar refractivity (Wildman–Crippen MR) is 108 cm³/mol. The molecule has 5 nitrogen and oxygen atoms in total. The van der Waals surface area contributed by atoms with Crippen molar-refractivity contribution in [2.24, 2.45) is 0 Å². The van der Waals surface area contributed by atoms with Crippen LogP contribution in [-0.4, -0.2) is 26.6 Å². The van der Waals surface area contributed by atoms with Crippen LogP contribution in [-0.2, 0) is 16.0 Å². The number of carbonyl (C=O) groups is 1. The number of benzene rings is 1. The molecule has 0 aliphatic heterocycles. The normalized spacial score (nSPS) is 13.0. The number of nitrogens with zero attached hydrogens (tertiary/aromatic N) is 2. The average molecular weight is 379 g/mol. The quantitative estimate of drug-likeness (QED) is 0.655. The van der Waals surface area contributed by atoms with E-state index in [1.165, 1.54) is 0 Å². The van der Waals surface area contributed by atoms with Crippen molar-refractivity contribution in [3.05, 3.63) is 77.6 Å². The second kappa shape index (κ2) is 8.33. The van der Waals surface area contributed by atoms with Gasteiger partial charge in [0, 0.05) is 40.4 Å². The number of hydrogen-bond donors (Lipinski definition) is 1. The molecule has 0 amide bonds.